The molecule has 0 aliphatic carbocycles. The van der Waals surface area contributed by atoms with Gasteiger partial charge >= 0.3 is 48.5 Å². The summed E-state index contributed by atoms with van der Waals surface area (Å²) in [5.74, 6) is -2.90. The molecule has 0 saturated carbocycles. The lowest BCUT2D eigenvalue weighted by Gasteiger charge is -2.35. The van der Waals surface area contributed by atoms with E-state index in [1.165, 1.54) is 7.11 Å². The van der Waals surface area contributed by atoms with Crippen LogP contribution in [0.1, 0.15) is 68.2 Å². The number of hydrogen-bond donors (Lipinski definition) is 3. The highest BCUT2D eigenvalue weighted by Crippen LogP contribution is 2.28. The first-order chi connectivity index (χ1) is 36.1. The van der Waals surface area contributed by atoms with Crippen molar-refractivity contribution >= 4 is 48.5 Å². The van der Waals surface area contributed by atoms with Gasteiger partial charge in [0.2, 0.25) is 24.4 Å². The molecule has 4 aliphatic heterocycles. The molecule has 0 bridgehead atoms. The third kappa shape index (κ3) is 25.2. The molecule has 438 valence electrons. The summed E-state index contributed by atoms with van der Waals surface area (Å²) in [6, 6.07) is 0. The van der Waals surface area contributed by atoms with Crippen LogP contribution in [0.5, 0.6) is 0 Å². The summed E-state index contributed by atoms with van der Waals surface area (Å²) in [4.78, 5) is 90.3. The van der Waals surface area contributed by atoms with E-state index >= 15 is 0 Å². The molecule has 4 aliphatic rings. The molecule has 76 heavy (non-hydrogen) atoms. The van der Waals surface area contributed by atoms with Gasteiger partial charge in [0.15, 0.2) is 0 Å². The fourth-order valence-electron chi connectivity index (χ4n) is 5.86. The van der Waals surface area contributed by atoms with Gasteiger partial charge in [-0.1, -0.05) is 13.8 Å². The second kappa shape index (κ2) is 35.1. The Labute approximate surface area is 439 Å². The molecule has 4 saturated heterocycles. The van der Waals surface area contributed by atoms with Crippen LogP contribution in [-0.4, -0.2) is 238 Å². The molecule has 29 heteroatoms. The Bertz CT molecular complexity index is 1630. The first-order valence-electron chi connectivity index (χ1n) is 24.5. The average molecular weight is 1110 g/mol. The normalized spacial score (nSPS) is 22.5. The van der Waals surface area contributed by atoms with Crippen LogP contribution in [0.2, 0.25) is 0 Å². The molecule has 10 unspecified atom stereocenters. The standard InChI is InChI=1S/C27H38O18.C15H32O6.C5H6O5/c1-5-27(12-40-15(2)6-34-21(28)18-9-37-24(31)43-18,13-41-16(3)7-35-22(29)19-10-38-25(32)44-19)14-42-17(4)8-36-23(30)20-11-39-26(33)45-20;1-5-15(9-19-12(2)6-16,10-20-13(3)7-17)11-21-14(4)8-18;1-8-4(6)3-2-9-5(7)10-3/h15-20H,5-14H2,1-4H3;12-14,16-18H,5-11H2,1-4H3;3H,2H2,1H3. The minimum atomic E-state index is -1.14. The Kier molecular flexibility index (Phi) is 30.8. The predicted octanol–water partition coefficient (Wildman–Crippen LogP) is 1.10. The Morgan fingerprint density at radius 1 is 0.434 bits per heavy atom. The molecule has 29 nitrogen and oxygen atoms in total. The van der Waals surface area contributed by atoms with Crippen LogP contribution < -0.4 is 0 Å². The van der Waals surface area contributed by atoms with Gasteiger partial charge in [0.25, 0.3) is 0 Å². The van der Waals surface area contributed by atoms with E-state index in [1.807, 2.05) is 13.8 Å². The van der Waals surface area contributed by atoms with Crippen LogP contribution in [0.4, 0.5) is 19.2 Å². The molecular weight excluding hydrogens is 1030 g/mol. The number of hydrogen-bond acceptors (Lipinski definition) is 29. The number of esters is 4. The zero-order valence-electron chi connectivity index (χ0n) is 44.5. The van der Waals surface area contributed by atoms with Crippen LogP contribution >= 0.6 is 0 Å². The summed E-state index contributed by atoms with van der Waals surface area (Å²) in [5.41, 5.74) is -1.14. The SMILES string of the molecule is CCC(COC(C)CO)(COC(C)CO)COC(C)CO.CCC(COC(C)COC(=O)C1COC(=O)O1)(COC(C)COC(=O)C1COC(=O)O1)COC(C)COC(=O)C1COC(=O)O1.COC(=O)C1COC(=O)O1. The number of methoxy groups -OCH3 is 1. The molecule has 4 rings (SSSR count). The summed E-state index contributed by atoms with van der Waals surface area (Å²) in [6.07, 6.45) is -9.22. The van der Waals surface area contributed by atoms with Crippen LogP contribution in [0.15, 0.2) is 0 Å². The topological polar surface area (TPSA) is 363 Å². The monoisotopic (exact) mass is 1100 g/mol. The number of aliphatic hydroxyl groups excluding tert-OH is 3. The van der Waals surface area contributed by atoms with Crippen molar-refractivity contribution in [2.24, 2.45) is 10.8 Å². The van der Waals surface area contributed by atoms with Gasteiger partial charge in [0, 0.05) is 10.8 Å². The van der Waals surface area contributed by atoms with Crippen molar-refractivity contribution in [3.63, 3.8) is 0 Å². The maximum atomic E-state index is 12.1. The Balaban J connectivity index is 0.000000521. The number of cyclic esters (lactones) is 8. The minimum Gasteiger partial charge on any atom is -0.466 e. The number of carbonyl (C=O) groups excluding carboxylic acids is 8. The van der Waals surface area contributed by atoms with Crippen LogP contribution in [-0.2, 0) is 104 Å². The van der Waals surface area contributed by atoms with E-state index in [0.717, 1.165) is 6.42 Å². The molecule has 10 atom stereocenters. The summed E-state index contributed by atoms with van der Waals surface area (Å²) in [7, 11) is 1.22. The zero-order chi connectivity index (χ0) is 56.8. The molecule has 0 spiro atoms. The quantitative estimate of drug-likeness (QED) is 0.0612. The molecule has 3 N–H and O–H groups in total. The van der Waals surface area contributed by atoms with Crippen molar-refractivity contribution in [1.82, 2.24) is 0 Å². The van der Waals surface area contributed by atoms with Gasteiger partial charge in [0.05, 0.1) is 103 Å². The van der Waals surface area contributed by atoms with E-state index in [2.05, 4.69) is 28.4 Å². The van der Waals surface area contributed by atoms with E-state index in [4.69, 9.17) is 72.2 Å². The van der Waals surface area contributed by atoms with Gasteiger partial charge in [-0.2, -0.15) is 0 Å². The molecule has 4 heterocycles. The van der Waals surface area contributed by atoms with Crippen molar-refractivity contribution < 1.29 is 139 Å². The number of carbonyl (C=O) groups is 8. The molecule has 0 aromatic heterocycles. The van der Waals surface area contributed by atoms with Gasteiger partial charge in [-0.3, -0.25) is 0 Å². The smallest absolute Gasteiger partial charge is 0.466 e. The Morgan fingerprint density at radius 3 is 0.842 bits per heavy atom. The summed E-state index contributed by atoms with van der Waals surface area (Å²) < 4.78 is 91.3. The van der Waals surface area contributed by atoms with E-state index in [9.17, 15) is 38.4 Å². The van der Waals surface area contributed by atoms with E-state index in [0.29, 0.717) is 26.2 Å². The van der Waals surface area contributed by atoms with Gasteiger partial charge in [-0.15, -0.1) is 0 Å². The molecule has 0 radical (unpaired) electrons. The van der Waals surface area contributed by atoms with E-state index in [1.54, 1.807) is 41.5 Å². The second-order valence-electron chi connectivity index (χ2n) is 18.1. The van der Waals surface area contributed by atoms with E-state index in [-0.39, 0.29) is 110 Å². The number of aliphatic hydroxyl groups is 3. The molecular formula is C47H76O29. The van der Waals surface area contributed by atoms with Crippen LogP contribution in [0, 0.1) is 10.8 Å². The zero-order valence-corrected chi connectivity index (χ0v) is 44.5. The van der Waals surface area contributed by atoms with Gasteiger partial charge < -0.3 is 101 Å². The lowest BCUT2D eigenvalue weighted by atomic mass is 9.87. The highest BCUT2D eigenvalue weighted by atomic mass is 16.8. The van der Waals surface area contributed by atoms with E-state index < -0.39 is 96.6 Å². The first-order valence-corrected chi connectivity index (χ1v) is 24.5. The Morgan fingerprint density at radius 2 is 0.658 bits per heavy atom. The highest BCUT2D eigenvalue weighted by Gasteiger charge is 2.38. The summed E-state index contributed by atoms with van der Waals surface area (Å²) in [5, 5.41) is 27.2. The molecule has 4 fully saturated rings. The average Bonchev–Trinajstić information content (AvgIpc) is 4.27. The molecule has 0 aromatic rings. The fraction of sp³-hybridized carbons (Fsp3) is 0.830. The van der Waals surface area contributed by atoms with Crippen molar-refractivity contribution in [2.75, 3.05) is 113 Å². The van der Waals surface area contributed by atoms with Crippen LogP contribution in [0.3, 0.4) is 0 Å². The predicted molar refractivity (Wildman–Crippen MR) is 249 cm³/mol. The van der Waals surface area contributed by atoms with Crippen molar-refractivity contribution in [1.29, 1.82) is 0 Å². The summed E-state index contributed by atoms with van der Waals surface area (Å²) in [6.45, 7) is 14.4. The summed E-state index contributed by atoms with van der Waals surface area (Å²) >= 11 is 0. The second-order valence-corrected chi connectivity index (χ2v) is 18.1. The number of rotatable bonds is 33. The third-order valence-corrected chi connectivity index (χ3v) is 11.3. The van der Waals surface area contributed by atoms with Gasteiger partial charge in [-0.05, 0) is 54.4 Å². The van der Waals surface area contributed by atoms with Crippen LogP contribution in [0.25, 0.3) is 0 Å². The Hall–Kier alpha value is -5.40. The van der Waals surface area contributed by atoms with Gasteiger partial charge in [-0.25, -0.2) is 38.4 Å². The van der Waals surface area contributed by atoms with Crippen molar-refractivity contribution in [2.45, 2.75) is 129 Å². The maximum Gasteiger partial charge on any atom is 0.509 e. The first kappa shape index (κ1) is 66.7. The molecule has 0 amide bonds. The van der Waals surface area contributed by atoms with Gasteiger partial charge in [0.1, 0.15) is 46.2 Å². The minimum absolute atomic E-state index is 0.0401. The number of ether oxygens (including phenoxy) is 18. The maximum absolute atomic E-state index is 12.1. The lowest BCUT2D eigenvalue weighted by Crippen LogP contribution is -2.41. The highest BCUT2D eigenvalue weighted by molar-refractivity contribution is 5.81. The molecule has 0 aromatic carbocycles. The largest absolute Gasteiger partial charge is 0.509 e. The van der Waals surface area contributed by atoms with Crippen molar-refractivity contribution in [3.05, 3.63) is 0 Å². The fourth-order valence-corrected chi connectivity index (χ4v) is 5.86. The lowest BCUT2D eigenvalue weighted by molar-refractivity contribution is -0.163. The third-order valence-electron chi connectivity index (χ3n) is 11.3. The van der Waals surface area contributed by atoms with Crippen molar-refractivity contribution in [3.8, 4) is 0 Å².